The molecule has 1 fully saturated rings. The Balaban J connectivity index is 1.77. The molecule has 0 amide bonds. The van der Waals surface area contributed by atoms with Crippen LogP contribution in [0.4, 0.5) is 5.82 Å². The molecule has 0 saturated carbocycles. The van der Waals surface area contributed by atoms with E-state index in [0.29, 0.717) is 41.1 Å². The highest BCUT2D eigenvalue weighted by atomic mass is 35.5. The molecule has 8 nitrogen and oxygen atoms in total. The number of methoxy groups -OCH3 is 1. The minimum atomic E-state index is -0.365. The van der Waals surface area contributed by atoms with Crippen LogP contribution >= 0.6 is 11.6 Å². The summed E-state index contributed by atoms with van der Waals surface area (Å²) in [6.07, 6.45) is 3.52. The number of anilines is 1. The summed E-state index contributed by atoms with van der Waals surface area (Å²) in [5.41, 5.74) is 1.49. The molecule has 1 aliphatic heterocycles. The molecule has 136 valence electrons. The number of hydrogen-bond donors (Lipinski definition) is 2. The molecule has 1 saturated heterocycles. The molecule has 3 aromatic heterocycles. The van der Waals surface area contributed by atoms with E-state index in [1.54, 1.807) is 25.6 Å². The van der Waals surface area contributed by atoms with Gasteiger partial charge in [-0.2, -0.15) is 9.97 Å². The third kappa shape index (κ3) is 2.91. The first-order valence-electron chi connectivity index (χ1n) is 8.27. The SMILES string of the molecule is CCc1[nH]c2nc(Oc3cncc(OC)c3)nc(N3CC(O)C3)c2c1Cl. The number of H-pyrrole nitrogens is 1. The van der Waals surface area contributed by atoms with Gasteiger partial charge in [0.2, 0.25) is 0 Å². The molecule has 4 heterocycles. The number of aryl methyl sites for hydroxylation is 1. The van der Waals surface area contributed by atoms with Crippen molar-refractivity contribution in [3.05, 3.63) is 29.2 Å². The highest BCUT2D eigenvalue weighted by Crippen LogP contribution is 2.37. The quantitative estimate of drug-likeness (QED) is 0.707. The van der Waals surface area contributed by atoms with Crippen molar-refractivity contribution in [3.8, 4) is 17.5 Å². The third-order valence-corrected chi connectivity index (χ3v) is 4.69. The zero-order valence-electron chi connectivity index (χ0n) is 14.4. The second-order valence-electron chi connectivity index (χ2n) is 6.05. The van der Waals surface area contributed by atoms with Gasteiger partial charge < -0.3 is 24.5 Å². The fourth-order valence-electron chi connectivity index (χ4n) is 2.89. The number of ether oxygens (including phenoxy) is 2. The Morgan fingerprint density at radius 1 is 1.31 bits per heavy atom. The first kappa shape index (κ1) is 16.9. The summed E-state index contributed by atoms with van der Waals surface area (Å²) in [4.78, 5) is 18.2. The molecule has 26 heavy (non-hydrogen) atoms. The van der Waals surface area contributed by atoms with Gasteiger partial charge in [-0.05, 0) is 6.42 Å². The van der Waals surface area contributed by atoms with Crippen molar-refractivity contribution in [1.82, 2.24) is 19.9 Å². The highest BCUT2D eigenvalue weighted by Gasteiger charge is 2.30. The Kier molecular flexibility index (Phi) is 4.29. The normalized spacial score (nSPS) is 14.5. The zero-order valence-corrected chi connectivity index (χ0v) is 15.1. The lowest BCUT2D eigenvalue weighted by atomic mass is 10.1. The molecular formula is C17H18ClN5O3. The average Bonchev–Trinajstić information content (AvgIpc) is 2.94. The van der Waals surface area contributed by atoms with Gasteiger partial charge in [-0.1, -0.05) is 18.5 Å². The summed E-state index contributed by atoms with van der Waals surface area (Å²) < 4.78 is 10.9. The first-order chi connectivity index (χ1) is 12.6. The van der Waals surface area contributed by atoms with Crippen LogP contribution in [0.2, 0.25) is 5.02 Å². The number of β-amino-alcohol motifs (C(OH)–C–C–N with tert-alkyl or cyclic N) is 1. The number of aliphatic hydroxyl groups is 1. The predicted molar refractivity (Wildman–Crippen MR) is 97.4 cm³/mol. The van der Waals surface area contributed by atoms with Crippen molar-refractivity contribution in [2.75, 3.05) is 25.1 Å². The van der Waals surface area contributed by atoms with E-state index < -0.39 is 0 Å². The van der Waals surface area contributed by atoms with E-state index >= 15 is 0 Å². The lowest BCUT2D eigenvalue weighted by molar-refractivity contribution is 0.141. The second kappa shape index (κ2) is 6.62. The lowest BCUT2D eigenvalue weighted by Crippen LogP contribution is -2.51. The molecule has 2 N–H and O–H groups in total. The Morgan fingerprint density at radius 2 is 2.08 bits per heavy atom. The number of halogens is 1. The fourth-order valence-corrected chi connectivity index (χ4v) is 3.24. The number of aromatic amines is 1. The number of nitrogens with zero attached hydrogens (tertiary/aromatic N) is 4. The van der Waals surface area contributed by atoms with Gasteiger partial charge in [0.1, 0.15) is 17.2 Å². The van der Waals surface area contributed by atoms with Crippen molar-refractivity contribution in [2.24, 2.45) is 0 Å². The van der Waals surface area contributed by atoms with Gasteiger partial charge in [0.05, 0.1) is 36.0 Å². The van der Waals surface area contributed by atoms with Crippen molar-refractivity contribution < 1.29 is 14.6 Å². The molecule has 9 heteroatoms. The molecule has 0 bridgehead atoms. The van der Waals surface area contributed by atoms with Crippen LogP contribution in [0.3, 0.4) is 0 Å². The Hall–Kier alpha value is -2.58. The van der Waals surface area contributed by atoms with Crippen LogP contribution < -0.4 is 14.4 Å². The minimum absolute atomic E-state index is 0.171. The van der Waals surface area contributed by atoms with Crippen LogP contribution in [0.25, 0.3) is 11.0 Å². The van der Waals surface area contributed by atoms with Crippen LogP contribution in [-0.4, -0.2) is 51.3 Å². The zero-order chi connectivity index (χ0) is 18.3. The van der Waals surface area contributed by atoms with E-state index in [9.17, 15) is 5.11 Å². The summed E-state index contributed by atoms with van der Waals surface area (Å²) in [5.74, 6) is 1.68. The van der Waals surface area contributed by atoms with Gasteiger partial charge in [-0.3, -0.25) is 4.98 Å². The van der Waals surface area contributed by atoms with E-state index in [0.717, 1.165) is 17.5 Å². The summed E-state index contributed by atoms with van der Waals surface area (Å²) in [5, 5.41) is 11.0. The molecule has 3 aromatic rings. The minimum Gasteiger partial charge on any atom is -0.495 e. The number of aliphatic hydroxyl groups excluding tert-OH is 1. The van der Waals surface area contributed by atoms with E-state index in [-0.39, 0.29) is 12.1 Å². The molecule has 0 radical (unpaired) electrons. The lowest BCUT2D eigenvalue weighted by Gasteiger charge is -2.37. The van der Waals surface area contributed by atoms with Crippen molar-refractivity contribution >= 4 is 28.5 Å². The second-order valence-corrected chi connectivity index (χ2v) is 6.42. The standard InChI is InChI=1S/C17H18ClN5O3/c1-3-12-14(18)13-15(20-12)21-17(22-16(13)23-7-9(24)8-23)26-11-4-10(25-2)5-19-6-11/h4-6,9,24H,3,7-8H2,1-2H3,(H,20,21,22). The van der Waals surface area contributed by atoms with Gasteiger partial charge >= 0.3 is 6.01 Å². The van der Waals surface area contributed by atoms with Crippen LogP contribution in [0, 0.1) is 0 Å². The van der Waals surface area contributed by atoms with Gasteiger partial charge in [0, 0.05) is 24.8 Å². The average molecular weight is 376 g/mol. The van der Waals surface area contributed by atoms with Crippen LogP contribution in [-0.2, 0) is 6.42 Å². The molecule has 0 aromatic carbocycles. The predicted octanol–water partition coefficient (Wildman–Crippen LogP) is 2.55. The number of nitrogens with one attached hydrogen (secondary N) is 1. The van der Waals surface area contributed by atoms with Gasteiger partial charge in [0.15, 0.2) is 5.75 Å². The van der Waals surface area contributed by atoms with Gasteiger partial charge in [-0.15, -0.1) is 0 Å². The Morgan fingerprint density at radius 3 is 2.77 bits per heavy atom. The van der Waals surface area contributed by atoms with Crippen LogP contribution in [0.15, 0.2) is 18.5 Å². The van der Waals surface area contributed by atoms with Crippen molar-refractivity contribution in [3.63, 3.8) is 0 Å². The number of aromatic nitrogens is 4. The van der Waals surface area contributed by atoms with E-state index in [1.807, 2.05) is 11.8 Å². The Labute approximate surface area is 154 Å². The maximum absolute atomic E-state index is 9.66. The molecule has 0 aliphatic carbocycles. The third-order valence-electron chi connectivity index (χ3n) is 4.27. The molecule has 0 spiro atoms. The number of pyridine rings is 1. The van der Waals surface area contributed by atoms with Gasteiger partial charge in [0.25, 0.3) is 0 Å². The van der Waals surface area contributed by atoms with Crippen LogP contribution in [0.5, 0.6) is 17.5 Å². The highest BCUT2D eigenvalue weighted by molar-refractivity contribution is 6.37. The summed E-state index contributed by atoms with van der Waals surface area (Å²) in [6.45, 7) is 3.00. The number of rotatable bonds is 5. The maximum atomic E-state index is 9.66. The molecule has 0 unspecified atom stereocenters. The Bertz CT molecular complexity index is 955. The van der Waals surface area contributed by atoms with Crippen molar-refractivity contribution in [1.29, 1.82) is 0 Å². The summed E-state index contributed by atoms with van der Waals surface area (Å²) in [7, 11) is 1.56. The van der Waals surface area contributed by atoms with E-state index in [4.69, 9.17) is 21.1 Å². The molecule has 1 aliphatic rings. The van der Waals surface area contributed by atoms with Gasteiger partial charge in [-0.25, -0.2) is 0 Å². The van der Waals surface area contributed by atoms with E-state index in [1.165, 1.54) is 0 Å². The first-order valence-corrected chi connectivity index (χ1v) is 8.64. The summed E-state index contributed by atoms with van der Waals surface area (Å²) >= 11 is 6.51. The fraction of sp³-hybridized carbons (Fsp3) is 0.353. The summed E-state index contributed by atoms with van der Waals surface area (Å²) in [6, 6.07) is 1.87. The maximum Gasteiger partial charge on any atom is 0.326 e. The molecular weight excluding hydrogens is 358 g/mol. The van der Waals surface area contributed by atoms with Crippen molar-refractivity contribution in [2.45, 2.75) is 19.4 Å². The topological polar surface area (TPSA) is 96.4 Å². The van der Waals surface area contributed by atoms with E-state index in [2.05, 4.69) is 19.9 Å². The van der Waals surface area contributed by atoms with Crippen LogP contribution in [0.1, 0.15) is 12.6 Å². The largest absolute Gasteiger partial charge is 0.495 e. The molecule has 0 atom stereocenters. The number of fused-ring (bicyclic) bond motifs is 1. The number of hydrogen-bond acceptors (Lipinski definition) is 7. The monoisotopic (exact) mass is 375 g/mol. The smallest absolute Gasteiger partial charge is 0.326 e. The molecule has 4 rings (SSSR count).